The number of amides is 2. The molecule has 13 heteroatoms. The summed E-state index contributed by atoms with van der Waals surface area (Å²) >= 11 is 1.32. The number of nitrogens with one attached hydrogen (secondary N) is 2. The lowest BCUT2D eigenvalue weighted by molar-refractivity contribution is -0.122. The maximum atomic E-state index is 13.3. The van der Waals surface area contributed by atoms with Gasteiger partial charge >= 0.3 is 12.2 Å². The maximum Gasteiger partial charge on any atom is 0.405 e. The van der Waals surface area contributed by atoms with E-state index in [-0.39, 0.29) is 24.0 Å². The Balaban J connectivity index is 1.31. The summed E-state index contributed by atoms with van der Waals surface area (Å²) in [4.78, 5) is 29.9. The Morgan fingerprint density at radius 1 is 0.930 bits per heavy atom. The van der Waals surface area contributed by atoms with E-state index >= 15 is 0 Å². The van der Waals surface area contributed by atoms with Gasteiger partial charge in [0.15, 0.2) is 0 Å². The smallest absolute Gasteiger partial charge is 0.348 e. The second-order valence-electron chi connectivity index (χ2n) is 9.19. The zero-order valence-corrected chi connectivity index (χ0v) is 23.0. The number of carbonyl (C=O) groups is 2. The molecule has 0 aliphatic carbocycles. The molecule has 3 heterocycles. The highest BCUT2D eigenvalue weighted by atomic mass is 32.2. The number of aromatic nitrogens is 4. The molecule has 2 N–H and O–H groups in total. The molecule has 0 saturated carbocycles. The van der Waals surface area contributed by atoms with Crippen molar-refractivity contribution in [3.05, 3.63) is 119 Å². The Bertz CT molecular complexity index is 1840. The van der Waals surface area contributed by atoms with Gasteiger partial charge in [0.1, 0.15) is 18.0 Å². The van der Waals surface area contributed by atoms with Crippen LogP contribution in [0.5, 0.6) is 0 Å². The molecular weight excluding hydrogens is 584 g/mol. The molecule has 0 aliphatic heterocycles. The number of hydrogen-bond acceptors (Lipinski definition) is 5. The number of alkyl halides is 3. The second kappa shape index (κ2) is 12.8. The number of imidazole rings is 1. The summed E-state index contributed by atoms with van der Waals surface area (Å²) < 4.78 is 53.2. The highest BCUT2D eigenvalue weighted by Gasteiger charge is 2.28. The van der Waals surface area contributed by atoms with Crippen molar-refractivity contribution in [3.8, 4) is 11.8 Å². The average Bonchev–Trinajstić information content (AvgIpc) is 3.67. The molecule has 0 spiro atoms. The molecule has 0 aliphatic rings. The largest absolute Gasteiger partial charge is 0.405 e. The Labute approximate surface area is 247 Å². The van der Waals surface area contributed by atoms with Gasteiger partial charge in [-0.25, -0.2) is 14.2 Å². The predicted octanol–water partition coefficient (Wildman–Crippen LogP) is 5.41. The zero-order valence-electron chi connectivity index (χ0n) is 22.2. The van der Waals surface area contributed by atoms with Crippen molar-refractivity contribution in [2.75, 3.05) is 6.54 Å². The molecule has 0 fully saturated rings. The third-order valence-electron chi connectivity index (χ3n) is 6.01. The molecule has 5 rings (SSSR count). The van der Waals surface area contributed by atoms with Crippen LogP contribution in [0.15, 0.2) is 90.3 Å². The summed E-state index contributed by atoms with van der Waals surface area (Å²) in [6.45, 7) is -1.18. The van der Waals surface area contributed by atoms with E-state index in [1.54, 1.807) is 41.8 Å². The third-order valence-corrected chi connectivity index (χ3v) is 7.12. The topological polar surface area (TPSA) is 93.3 Å². The van der Waals surface area contributed by atoms with Crippen molar-refractivity contribution in [1.29, 1.82) is 0 Å². The van der Waals surface area contributed by atoms with Gasteiger partial charge in [-0.3, -0.25) is 4.79 Å². The number of thioether (sulfide) groups is 1. The van der Waals surface area contributed by atoms with Crippen LogP contribution in [0.3, 0.4) is 0 Å². The van der Waals surface area contributed by atoms with Gasteiger partial charge < -0.3 is 15.0 Å². The summed E-state index contributed by atoms with van der Waals surface area (Å²) in [6, 6.07) is 15.0. The minimum Gasteiger partial charge on any atom is -0.348 e. The first-order chi connectivity index (χ1) is 20.6. The molecule has 43 heavy (non-hydrogen) atoms. The second-order valence-corrected chi connectivity index (χ2v) is 10.2. The highest BCUT2D eigenvalue weighted by molar-refractivity contribution is 7.98. The molecule has 2 amide bonds. The van der Waals surface area contributed by atoms with Crippen molar-refractivity contribution in [3.63, 3.8) is 0 Å². The van der Waals surface area contributed by atoms with Crippen molar-refractivity contribution in [2.24, 2.45) is 0 Å². The fourth-order valence-corrected chi connectivity index (χ4v) is 4.76. The van der Waals surface area contributed by atoms with Crippen LogP contribution in [0.1, 0.15) is 32.7 Å². The van der Waals surface area contributed by atoms with Gasteiger partial charge in [0, 0.05) is 58.7 Å². The maximum absolute atomic E-state index is 13.3. The molecule has 0 radical (unpaired) electrons. The summed E-state index contributed by atoms with van der Waals surface area (Å²) in [5.74, 6) is 5.59. The van der Waals surface area contributed by atoms with Crippen LogP contribution < -0.4 is 10.6 Å². The first-order valence-electron chi connectivity index (χ1n) is 12.8. The molecule has 5 aromatic rings. The minimum atomic E-state index is -4.54. The molecule has 0 unspecified atom stereocenters. The Kier molecular flexibility index (Phi) is 8.77. The van der Waals surface area contributed by atoms with E-state index < -0.39 is 18.8 Å². The van der Waals surface area contributed by atoms with E-state index in [1.165, 1.54) is 36.2 Å². The van der Waals surface area contributed by atoms with Gasteiger partial charge in [-0.15, -0.1) is 11.8 Å². The van der Waals surface area contributed by atoms with Crippen LogP contribution in [-0.2, 0) is 12.3 Å². The summed E-state index contributed by atoms with van der Waals surface area (Å²) in [7, 11) is 0. The van der Waals surface area contributed by atoms with E-state index in [0.29, 0.717) is 27.3 Å². The van der Waals surface area contributed by atoms with E-state index in [2.05, 4.69) is 27.2 Å². The fourth-order valence-electron chi connectivity index (χ4n) is 3.87. The third kappa shape index (κ3) is 8.02. The van der Waals surface area contributed by atoms with Crippen molar-refractivity contribution < 1.29 is 27.2 Å². The van der Waals surface area contributed by atoms with Crippen LogP contribution in [0, 0.1) is 17.7 Å². The molecule has 0 saturated heterocycles. The van der Waals surface area contributed by atoms with Gasteiger partial charge in [0.05, 0.1) is 5.69 Å². The molecule has 0 atom stereocenters. The summed E-state index contributed by atoms with van der Waals surface area (Å²) in [5.41, 5.74) is 3.56. The van der Waals surface area contributed by atoms with E-state index in [9.17, 15) is 27.2 Å². The quantitative estimate of drug-likeness (QED) is 0.147. The molecule has 3 aromatic heterocycles. The van der Waals surface area contributed by atoms with Crippen LogP contribution in [0.4, 0.5) is 22.4 Å². The fraction of sp³-hybridized carbons (Fsp3) is 0.133. The molecule has 0 bridgehead atoms. The first-order valence-corrected chi connectivity index (χ1v) is 13.8. The van der Waals surface area contributed by atoms with Crippen LogP contribution >= 0.6 is 11.8 Å². The Morgan fingerprint density at radius 2 is 1.74 bits per heavy atom. The van der Waals surface area contributed by atoms with E-state index in [1.807, 2.05) is 28.9 Å². The van der Waals surface area contributed by atoms with Gasteiger partial charge in [0.2, 0.25) is 0 Å². The van der Waals surface area contributed by atoms with Gasteiger partial charge in [-0.2, -0.15) is 23.0 Å². The van der Waals surface area contributed by atoms with Crippen molar-refractivity contribution in [2.45, 2.75) is 23.4 Å². The SMILES string of the molecule is O=C(NCc1ccn2ccnc2c1)c1ccc(SCc2ccn(C(=O)NCC(F)(F)F)n2)c(C#Cc2ccc(F)cc2)c1. The summed E-state index contributed by atoms with van der Waals surface area (Å²) in [6.07, 6.45) is 2.11. The van der Waals surface area contributed by atoms with Crippen molar-refractivity contribution >= 4 is 29.3 Å². The lowest BCUT2D eigenvalue weighted by Gasteiger charge is -2.09. The molecular formula is C30H22F4N6O2S. The number of rotatable bonds is 7. The van der Waals surface area contributed by atoms with Crippen LogP contribution in [0.25, 0.3) is 5.65 Å². The van der Waals surface area contributed by atoms with E-state index in [4.69, 9.17) is 0 Å². The summed E-state index contributed by atoms with van der Waals surface area (Å²) in [5, 5.41) is 8.70. The Hall–Kier alpha value is -5.09. The minimum absolute atomic E-state index is 0.270. The first kappa shape index (κ1) is 29.4. The normalized spacial score (nSPS) is 11.2. The van der Waals surface area contributed by atoms with Crippen molar-refractivity contribution in [1.82, 2.24) is 29.8 Å². The lowest BCUT2D eigenvalue weighted by atomic mass is 10.1. The van der Waals surface area contributed by atoms with Gasteiger partial charge in [-0.1, -0.05) is 11.8 Å². The van der Waals surface area contributed by atoms with Gasteiger partial charge in [0.25, 0.3) is 5.91 Å². The average molecular weight is 607 g/mol. The van der Waals surface area contributed by atoms with E-state index in [0.717, 1.165) is 15.9 Å². The number of halogens is 4. The number of hydrogen-bond donors (Lipinski definition) is 2. The van der Waals surface area contributed by atoms with Gasteiger partial charge in [-0.05, 0) is 66.2 Å². The number of benzene rings is 2. The molecule has 8 nitrogen and oxygen atoms in total. The number of pyridine rings is 1. The predicted molar refractivity (Wildman–Crippen MR) is 152 cm³/mol. The number of carbonyl (C=O) groups excluding carboxylic acids is 2. The van der Waals surface area contributed by atoms with Crippen LogP contribution in [-0.4, -0.2) is 43.8 Å². The lowest BCUT2D eigenvalue weighted by Crippen LogP contribution is -2.36. The monoisotopic (exact) mass is 606 g/mol. The highest BCUT2D eigenvalue weighted by Crippen LogP contribution is 2.27. The number of fused-ring (bicyclic) bond motifs is 1. The number of nitrogens with zero attached hydrogens (tertiary/aromatic N) is 4. The molecule has 218 valence electrons. The molecule has 2 aromatic carbocycles. The Morgan fingerprint density at radius 3 is 2.53 bits per heavy atom. The standard InChI is InChI=1S/C30H22F4N6O2S/c31-24-6-2-20(3-7-24)1-4-22-16-23(28(41)36-17-21-9-12-39-14-11-35-27(39)15-21)5-8-26(22)43-18-25-10-13-40(38-25)29(42)37-19-30(32,33)34/h2-3,5-16H,17-19H2,(H,36,41)(H,37,42). The zero-order chi connectivity index (χ0) is 30.4. The van der Waals surface area contributed by atoms with Crippen LogP contribution in [0.2, 0.25) is 0 Å².